The van der Waals surface area contributed by atoms with Crippen LogP contribution in [0.5, 0.6) is 0 Å². The molecule has 0 atom stereocenters. The van der Waals surface area contributed by atoms with E-state index >= 15 is 0 Å². The van der Waals surface area contributed by atoms with Crippen LogP contribution < -0.4 is 11.3 Å². The summed E-state index contributed by atoms with van der Waals surface area (Å²) in [5, 5.41) is -0.523. The Hall–Kier alpha value is 1.42. The third-order valence-electron chi connectivity index (χ3n) is 0.123. The molecule has 3 nitrogen and oxygen atoms in total. The average molecular weight is 132 g/mol. The first-order valence-corrected chi connectivity index (χ1v) is 1.41. The van der Waals surface area contributed by atoms with Crippen molar-refractivity contribution in [3.05, 3.63) is 0 Å². The van der Waals surface area contributed by atoms with Gasteiger partial charge in [0.1, 0.15) is 0 Å². The standard InChI is InChI=1S/CH4N2OS.K.H/c2-3-1(4)5;;/h2H2,(H2,3,4,5);;. The quantitative estimate of drug-likeness (QED) is 0.128. The second-order valence-electron chi connectivity index (χ2n) is 0.449. The predicted molar refractivity (Wildman–Crippen MR) is 28.9 cm³/mol. The Balaban J connectivity index is 0. The molecule has 0 saturated carbocycles. The van der Waals surface area contributed by atoms with E-state index in [0.29, 0.717) is 0 Å². The molecule has 0 radical (unpaired) electrons. The number of carbonyl (C=O) groups is 1. The van der Waals surface area contributed by atoms with Gasteiger partial charge in [0, 0.05) is 0 Å². The summed E-state index contributed by atoms with van der Waals surface area (Å²) in [5.41, 5.74) is 1.75. The van der Waals surface area contributed by atoms with Gasteiger partial charge in [-0.25, -0.2) is 5.84 Å². The molecule has 0 aliphatic carbocycles. The summed E-state index contributed by atoms with van der Waals surface area (Å²) in [5.74, 6) is 4.50. The zero-order chi connectivity index (χ0) is 4.28. The number of carbonyl (C=O) groups excluding carboxylic acids is 1. The summed E-state index contributed by atoms with van der Waals surface area (Å²) < 4.78 is 0. The number of hydrogen-bond donors (Lipinski definition) is 3. The molecule has 0 bridgehead atoms. The molecule has 0 aliphatic heterocycles. The predicted octanol–water partition coefficient (Wildman–Crippen LogP) is -1.15. The van der Waals surface area contributed by atoms with Gasteiger partial charge in [0.15, 0.2) is 0 Å². The normalized spacial score (nSPS) is 5.67. The number of thiol groups is 1. The Kier molecular flexibility index (Phi) is 11.1. The Labute approximate surface area is 83.8 Å². The van der Waals surface area contributed by atoms with E-state index in [-0.39, 0.29) is 51.4 Å². The molecule has 0 aromatic rings. The van der Waals surface area contributed by atoms with E-state index in [1.54, 1.807) is 5.43 Å². The van der Waals surface area contributed by atoms with Crippen molar-refractivity contribution in [3.63, 3.8) is 0 Å². The fourth-order valence-electron chi connectivity index (χ4n) is 0. The monoisotopic (exact) mass is 132 g/mol. The third kappa shape index (κ3) is 9.05. The van der Waals surface area contributed by atoms with Crippen molar-refractivity contribution in [2.75, 3.05) is 0 Å². The van der Waals surface area contributed by atoms with E-state index in [1.165, 1.54) is 0 Å². The summed E-state index contributed by atoms with van der Waals surface area (Å²) in [4.78, 5) is 9.44. The van der Waals surface area contributed by atoms with Crippen LogP contribution in [0.3, 0.4) is 0 Å². The van der Waals surface area contributed by atoms with Crippen LogP contribution in [-0.2, 0) is 0 Å². The first-order valence-electron chi connectivity index (χ1n) is 0.966. The van der Waals surface area contributed by atoms with Gasteiger partial charge in [0.2, 0.25) is 0 Å². The fourth-order valence-corrected chi connectivity index (χ4v) is 0. The van der Waals surface area contributed by atoms with Gasteiger partial charge < -0.3 is 0 Å². The van der Waals surface area contributed by atoms with Gasteiger partial charge in [-0.1, -0.05) is 12.6 Å². The van der Waals surface area contributed by atoms with Crippen molar-refractivity contribution in [2.45, 2.75) is 0 Å². The Bertz CT molecular complexity index is 48.8. The molecule has 6 heavy (non-hydrogen) atoms. The second-order valence-corrected chi connectivity index (χ2v) is 0.856. The van der Waals surface area contributed by atoms with Crippen LogP contribution in [0.1, 0.15) is 0 Å². The summed E-state index contributed by atoms with van der Waals surface area (Å²) in [6.45, 7) is 0. The van der Waals surface area contributed by atoms with Gasteiger partial charge in [-0.15, -0.1) is 0 Å². The van der Waals surface area contributed by atoms with Crippen LogP contribution in [0, 0.1) is 0 Å². The minimum absolute atomic E-state index is 0. The summed E-state index contributed by atoms with van der Waals surface area (Å²) in [6, 6.07) is 0. The number of nitrogens with two attached hydrogens (primary N) is 1. The van der Waals surface area contributed by atoms with Crippen molar-refractivity contribution < 1.29 is 4.79 Å². The summed E-state index contributed by atoms with van der Waals surface area (Å²) >= 11 is 3.22. The van der Waals surface area contributed by atoms with E-state index in [0.717, 1.165) is 0 Å². The topological polar surface area (TPSA) is 55.1 Å². The van der Waals surface area contributed by atoms with Crippen molar-refractivity contribution in [1.29, 1.82) is 0 Å². The maximum atomic E-state index is 9.44. The maximum absolute atomic E-state index is 9.44. The van der Waals surface area contributed by atoms with Crippen molar-refractivity contribution in [3.8, 4) is 0 Å². The van der Waals surface area contributed by atoms with Crippen LogP contribution >= 0.6 is 12.6 Å². The van der Waals surface area contributed by atoms with Gasteiger partial charge in [-0.05, 0) is 0 Å². The first-order chi connectivity index (χ1) is 2.27. The van der Waals surface area contributed by atoms with E-state index in [9.17, 15) is 4.79 Å². The molecule has 5 heteroatoms. The molecule has 0 heterocycles. The molecule has 0 saturated heterocycles. The Morgan fingerprint density at radius 2 is 2.00 bits per heavy atom. The zero-order valence-corrected chi connectivity index (χ0v) is 3.33. The molecule has 0 aliphatic rings. The first kappa shape index (κ1) is 10.4. The molecule has 0 unspecified atom stereocenters. The number of hydrogen-bond acceptors (Lipinski definition) is 2. The number of hydrazine groups is 1. The van der Waals surface area contributed by atoms with Gasteiger partial charge in [0.05, 0.1) is 0 Å². The van der Waals surface area contributed by atoms with Crippen molar-refractivity contribution >= 4 is 69.3 Å². The average Bonchev–Trinajstić information content (AvgIpc) is 1.38. The molecular weight excluding hydrogens is 127 g/mol. The van der Waals surface area contributed by atoms with E-state index in [4.69, 9.17) is 0 Å². The second kappa shape index (κ2) is 6.42. The SMILES string of the molecule is NNC(=O)S.[KH]. The van der Waals surface area contributed by atoms with Crippen LogP contribution in [-0.4, -0.2) is 56.6 Å². The van der Waals surface area contributed by atoms with Crippen molar-refractivity contribution in [1.82, 2.24) is 5.43 Å². The van der Waals surface area contributed by atoms with Crippen LogP contribution in [0.15, 0.2) is 0 Å². The van der Waals surface area contributed by atoms with E-state index < -0.39 is 5.24 Å². The number of amides is 1. The molecule has 0 aromatic heterocycles. The molecular formula is CH5KN2OS. The fraction of sp³-hybridized carbons (Fsp3) is 0. The Morgan fingerprint density at radius 3 is 2.00 bits per heavy atom. The van der Waals surface area contributed by atoms with Crippen LogP contribution in [0.2, 0.25) is 0 Å². The third-order valence-corrected chi connectivity index (χ3v) is 0.253. The van der Waals surface area contributed by atoms with E-state index in [1.807, 2.05) is 0 Å². The minimum atomic E-state index is -0.523. The molecule has 1 amide bonds. The number of rotatable bonds is 0. The van der Waals surface area contributed by atoms with Gasteiger partial charge in [0.25, 0.3) is 5.24 Å². The van der Waals surface area contributed by atoms with Gasteiger partial charge >= 0.3 is 51.4 Å². The molecule has 32 valence electrons. The molecule has 0 fully saturated rings. The van der Waals surface area contributed by atoms with E-state index in [2.05, 4.69) is 18.5 Å². The Morgan fingerprint density at radius 1 is 1.83 bits per heavy atom. The van der Waals surface area contributed by atoms with Gasteiger partial charge in [-0.3, -0.25) is 10.2 Å². The zero-order valence-electron chi connectivity index (χ0n) is 2.43. The van der Waals surface area contributed by atoms with Gasteiger partial charge in [-0.2, -0.15) is 0 Å². The summed E-state index contributed by atoms with van der Waals surface area (Å²) in [6.07, 6.45) is 0. The molecule has 0 rings (SSSR count). The molecule has 3 N–H and O–H groups in total. The molecule has 0 aromatic carbocycles. The summed E-state index contributed by atoms with van der Waals surface area (Å²) in [7, 11) is 0. The van der Waals surface area contributed by atoms with Crippen molar-refractivity contribution in [2.24, 2.45) is 5.84 Å². The number of nitrogens with one attached hydrogen (secondary N) is 1. The van der Waals surface area contributed by atoms with Crippen LogP contribution in [0.25, 0.3) is 0 Å². The molecule has 0 spiro atoms. The van der Waals surface area contributed by atoms with Crippen LogP contribution in [0.4, 0.5) is 4.79 Å².